The van der Waals surface area contributed by atoms with Crippen LogP contribution < -0.4 is 10.6 Å². The molecule has 0 aliphatic rings. The molecule has 1 heterocycles. The van der Waals surface area contributed by atoms with Gasteiger partial charge in [-0.3, -0.25) is 9.67 Å². The van der Waals surface area contributed by atoms with Crippen molar-refractivity contribution < 1.29 is 0 Å². The number of halogens is 2. The number of nitrogens with zero attached hydrogens (tertiary/aromatic N) is 3. The molecule has 126 valence electrons. The van der Waals surface area contributed by atoms with Gasteiger partial charge in [0, 0.05) is 30.9 Å². The van der Waals surface area contributed by atoms with Gasteiger partial charge in [-0.05, 0) is 31.5 Å². The highest BCUT2D eigenvalue weighted by Crippen LogP contribution is 2.14. The van der Waals surface area contributed by atoms with Crippen molar-refractivity contribution in [2.24, 2.45) is 4.99 Å². The van der Waals surface area contributed by atoms with Gasteiger partial charge in [0.05, 0.1) is 12.2 Å². The second-order valence-electron chi connectivity index (χ2n) is 5.25. The molecule has 2 N–H and O–H groups in total. The Hall–Kier alpha value is -1.28. The van der Waals surface area contributed by atoms with Crippen LogP contribution in [-0.2, 0) is 13.1 Å². The topological polar surface area (TPSA) is 54.2 Å². The molecule has 0 bridgehead atoms. The Morgan fingerprint density at radius 1 is 1.22 bits per heavy atom. The van der Waals surface area contributed by atoms with E-state index in [-0.39, 0.29) is 24.0 Å². The summed E-state index contributed by atoms with van der Waals surface area (Å²) in [5.74, 6) is 0.721. The third-order valence-electron chi connectivity index (χ3n) is 3.26. The third kappa shape index (κ3) is 6.02. The van der Waals surface area contributed by atoms with E-state index in [0.29, 0.717) is 19.1 Å². The Kier molecular flexibility index (Phi) is 8.40. The molecular weight excluding hydrogens is 425 g/mol. The average molecular weight is 448 g/mol. The second-order valence-corrected chi connectivity index (χ2v) is 5.66. The number of aliphatic imine (C=N–C) groups is 1. The van der Waals surface area contributed by atoms with E-state index < -0.39 is 0 Å². The van der Waals surface area contributed by atoms with Crippen molar-refractivity contribution in [3.05, 3.63) is 52.8 Å². The first kappa shape index (κ1) is 19.8. The highest BCUT2D eigenvalue weighted by atomic mass is 127. The quantitative estimate of drug-likeness (QED) is 0.418. The molecule has 0 aliphatic heterocycles. The van der Waals surface area contributed by atoms with E-state index in [1.54, 1.807) is 7.05 Å². The predicted molar refractivity (Wildman–Crippen MR) is 107 cm³/mol. The van der Waals surface area contributed by atoms with E-state index in [4.69, 9.17) is 11.6 Å². The summed E-state index contributed by atoms with van der Waals surface area (Å²) in [5, 5.41) is 11.7. The normalized spacial score (nSPS) is 11.3. The number of hydrogen-bond donors (Lipinski definition) is 2. The molecule has 0 saturated carbocycles. The third-order valence-corrected chi connectivity index (χ3v) is 3.63. The molecule has 2 aromatic rings. The first-order chi connectivity index (χ1) is 10.6. The van der Waals surface area contributed by atoms with E-state index in [1.807, 2.05) is 41.2 Å². The van der Waals surface area contributed by atoms with Gasteiger partial charge in [-0.2, -0.15) is 5.10 Å². The minimum atomic E-state index is 0. The summed E-state index contributed by atoms with van der Waals surface area (Å²) in [6.07, 6.45) is 1.99. The Balaban J connectivity index is 0.00000264. The first-order valence-corrected chi connectivity index (χ1v) is 7.70. The van der Waals surface area contributed by atoms with Crippen molar-refractivity contribution in [1.29, 1.82) is 0 Å². The number of hydrogen-bond acceptors (Lipinski definition) is 2. The van der Waals surface area contributed by atoms with E-state index in [1.165, 1.54) is 0 Å². The van der Waals surface area contributed by atoms with Crippen LogP contribution in [0.5, 0.6) is 0 Å². The summed E-state index contributed by atoms with van der Waals surface area (Å²) in [6, 6.07) is 10.1. The lowest BCUT2D eigenvalue weighted by molar-refractivity contribution is 0.525. The van der Waals surface area contributed by atoms with Crippen LogP contribution in [0, 0.1) is 0 Å². The molecule has 1 aromatic carbocycles. The van der Waals surface area contributed by atoms with Crippen LogP contribution in [0.25, 0.3) is 0 Å². The molecule has 7 heteroatoms. The van der Waals surface area contributed by atoms with Crippen molar-refractivity contribution in [2.45, 2.75) is 33.0 Å². The van der Waals surface area contributed by atoms with Crippen LogP contribution in [0.1, 0.15) is 31.1 Å². The summed E-state index contributed by atoms with van der Waals surface area (Å²) in [4.78, 5) is 4.21. The highest BCUT2D eigenvalue weighted by molar-refractivity contribution is 14.0. The van der Waals surface area contributed by atoms with Gasteiger partial charge in [0.25, 0.3) is 0 Å². The first-order valence-electron chi connectivity index (χ1n) is 7.32. The van der Waals surface area contributed by atoms with Crippen molar-refractivity contribution >= 4 is 41.5 Å². The summed E-state index contributed by atoms with van der Waals surface area (Å²) >= 11 is 6.14. The fraction of sp³-hybridized carbons (Fsp3) is 0.375. The summed E-state index contributed by atoms with van der Waals surface area (Å²) < 4.78 is 1.94. The lowest BCUT2D eigenvalue weighted by Crippen LogP contribution is -2.36. The van der Waals surface area contributed by atoms with Crippen molar-refractivity contribution in [1.82, 2.24) is 20.4 Å². The Morgan fingerprint density at radius 3 is 2.52 bits per heavy atom. The SMILES string of the molecule is CN=C(NCc1ccn(C(C)C)n1)NCc1ccccc1Cl.I. The number of guanidine groups is 1. The molecule has 23 heavy (non-hydrogen) atoms. The molecule has 2 rings (SSSR count). The zero-order valence-corrected chi connectivity index (χ0v) is 16.7. The maximum Gasteiger partial charge on any atom is 0.191 e. The van der Waals surface area contributed by atoms with Crippen LogP contribution >= 0.6 is 35.6 Å². The fourth-order valence-corrected chi connectivity index (χ4v) is 2.18. The standard InChI is InChI=1S/C16H22ClN5.HI/c1-12(2)22-9-8-14(21-22)11-20-16(18-3)19-10-13-6-4-5-7-15(13)17;/h4-9,12H,10-11H2,1-3H3,(H2,18,19,20);1H. The number of nitrogens with one attached hydrogen (secondary N) is 2. The monoisotopic (exact) mass is 447 g/mol. The number of aromatic nitrogens is 2. The van der Waals surface area contributed by atoms with E-state index in [9.17, 15) is 0 Å². The summed E-state index contributed by atoms with van der Waals surface area (Å²) in [5.41, 5.74) is 2.02. The van der Waals surface area contributed by atoms with Gasteiger partial charge in [0.1, 0.15) is 0 Å². The Bertz CT molecular complexity index is 639. The molecule has 5 nitrogen and oxygen atoms in total. The second kappa shape index (κ2) is 9.77. The van der Waals surface area contributed by atoms with Gasteiger partial charge >= 0.3 is 0 Å². The van der Waals surface area contributed by atoms with Crippen LogP contribution in [0.3, 0.4) is 0 Å². The minimum Gasteiger partial charge on any atom is -0.352 e. The largest absolute Gasteiger partial charge is 0.352 e. The highest BCUT2D eigenvalue weighted by Gasteiger charge is 2.04. The van der Waals surface area contributed by atoms with Crippen molar-refractivity contribution in [3.63, 3.8) is 0 Å². The molecule has 0 unspecified atom stereocenters. The fourth-order valence-electron chi connectivity index (χ4n) is 1.97. The molecule has 0 radical (unpaired) electrons. The van der Waals surface area contributed by atoms with Gasteiger partial charge < -0.3 is 10.6 Å². The van der Waals surface area contributed by atoms with E-state index in [0.717, 1.165) is 22.2 Å². The van der Waals surface area contributed by atoms with Crippen molar-refractivity contribution in [3.8, 4) is 0 Å². The molecular formula is C16H23ClIN5. The summed E-state index contributed by atoms with van der Waals surface area (Å²) in [7, 11) is 1.74. The van der Waals surface area contributed by atoms with Gasteiger partial charge in [-0.1, -0.05) is 29.8 Å². The van der Waals surface area contributed by atoms with Crippen LogP contribution in [0.15, 0.2) is 41.5 Å². The molecule has 0 atom stereocenters. The molecule has 0 amide bonds. The van der Waals surface area contributed by atoms with Gasteiger partial charge in [-0.25, -0.2) is 0 Å². The molecule has 0 fully saturated rings. The smallest absolute Gasteiger partial charge is 0.191 e. The zero-order chi connectivity index (χ0) is 15.9. The Morgan fingerprint density at radius 2 is 1.91 bits per heavy atom. The zero-order valence-electron chi connectivity index (χ0n) is 13.6. The lowest BCUT2D eigenvalue weighted by Gasteiger charge is -2.12. The van der Waals surface area contributed by atoms with Gasteiger partial charge in [0.15, 0.2) is 5.96 Å². The Labute approximate surface area is 159 Å². The average Bonchev–Trinajstić information content (AvgIpc) is 2.98. The maximum atomic E-state index is 6.14. The van der Waals surface area contributed by atoms with Crippen LogP contribution in [0.2, 0.25) is 5.02 Å². The van der Waals surface area contributed by atoms with Crippen molar-refractivity contribution in [2.75, 3.05) is 7.05 Å². The number of benzene rings is 1. The molecule has 1 aromatic heterocycles. The number of rotatable bonds is 5. The lowest BCUT2D eigenvalue weighted by atomic mass is 10.2. The van der Waals surface area contributed by atoms with Crippen LogP contribution in [-0.4, -0.2) is 22.8 Å². The van der Waals surface area contributed by atoms with Gasteiger partial charge in [-0.15, -0.1) is 24.0 Å². The van der Waals surface area contributed by atoms with Crippen LogP contribution in [0.4, 0.5) is 0 Å². The summed E-state index contributed by atoms with van der Waals surface area (Å²) in [6.45, 7) is 5.46. The van der Waals surface area contributed by atoms with E-state index >= 15 is 0 Å². The molecule has 0 spiro atoms. The van der Waals surface area contributed by atoms with Gasteiger partial charge in [0.2, 0.25) is 0 Å². The maximum absolute atomic E-state index is 6.14. The molecule has 0 saturated heterocycles. The minimum absolute atomic E-state index is 0. The molecule has 0 aliphatic carbocycles. The predicted octanol–water partition coefficient (Wildman–Crippen LogP) is 3.60. The van der Waals surface area contributed by atoms with E-state index in [2.05, 4.69) is 34.6 Å².